The van der Waals surface area contributed by atoms with Gasteiger partial charge in [-0.2, -0.15) is 5.26 Å². The Morgan fingerprint density at radius 2 is 2.25 bits per heavy atom. The van der Waals surface area contributed by atoms with Crippen molar-refractivity contribution in [2.75, 3.05) is 0 Å². The number of halogens is 1. The van der Waals surface area contributed by atoms with Crippen molar-refractivity contribution in [1.29, 1.82) is 5.26 Å². The highest BCUT2D eigenvalue weighted by atomic mass is 35.7. The summed E-state index contributed by atoms with van der Waals surface area (Å²) < 4.78 is 21.5. The van der Waals surface area contributed by atoms with Gasteiger partial charge in [0.15, 0.2) is 5.03 Å². The van der Waals surface area contributed by atoms with Gasteiger partial charge >= 0.3 is 0 Å². The van der Waals surface area contributed by atoms with Crippen molar-refractivity contribution in [2.45, 2.75) is 5.03 Å². The number of hydrogen-bond acceptors (Lipinski definition) is 5. The van der Waals surface area contributed by atoms with Crippen molar-refractivity contribution in [3.8, 4) is 6.07 Å². The number of nitrogens with zero attached hydrogens (tertiary/aromatic N) is 3. The molecule has 0 aromatic carbocycles. The van der Waals surface area contributed by atoms with Crippen molar-refractivity contribution < 1.29 is 8.42 Å². The van der Waals surface area contributed by atoms with Crippen molar-refractivity contribution >= 4 is 19.7 Å². The minimum Gasteiger partial charge on any atom is -0.243 e. The molecule has 1 aromatic heterocycles. The van der Waals surface area contributed by atoms with E-state index in [-0.39, 0.29) is 5.56 Å². The van der Waals surface area contributed by atoms with Crippen LogP contribution in [0.5, 0.6) is 0 Å². The summed E-state index contributed by atoms with van der Waals surface area (Å²) in [5.74, 6) is 0. The SMILES string of the molecule is N#Cc1cncnc1S(=O)(=O)Cl. The van der Waals surface area contributed by atoms with E-state index in [1.165, 1.54) is 0 Å². The Morgan fingerprint density at radius 3 is 2.67 bits per heavy atom. The fourth-order valence-corrected chi connectivity index (χ4v) is 1.49. The van der Waals surface area contributed by atoms with Crippen molar-refractivity contribution in [3.05, 3.63) is 18.1 Å². The van der Waals surface area contributed by atoms with Crippen molar-refractivity contribution in [2.24, 2.45) is 0 Å². The number of nitriles is 1. The molecule has 1 aromatic rings. The van der Waals surface area contributed by atoms with Crippen molar-refractivity contribution in [3.63, 3.8) is 0 Å². The third kappa shape index (κ3) is 1.69. The Balaban J connectivity index is 3.47. The first-order valence-corrected chi connectivity index (χ1v) is 5.01. The number of rotatable bonds is 1. The molecule has 0 fully saturated rings. The minimum atomic E-state index is -3.95. The average Bonchev–Trinajstić information content (AvgIpc) is 2.03. The van der Waals surface area contributed by atoms with Gasteiger partial charge in [0.05, 0.1) is 0 Å². The molecule has 0 spiro atoms. The Hall–Kier alpha value is -1.19. The Morgan fingerprint density at radius 1 is 1.58 bits per heavy atom. The molecule has 1 heterocycles. The lowest BCUT2D eigenvalue weighted by molar-refractivity contribution is 0.605. The predicted octanol–water partition coefficient (Wildman–Crippen LogP) is 0.276. The second-order valence-electron chi connectivity index (χ2n) is 1.79. The van der Waals surface area contributed by atoms with Gasteiger partial charge in [0.1, 0.15) is 18.0 Å². The van der Waals surface area contributed by atoms with Gasteiger partial charge in [-0.25, -0.2) is 18.4 Å². The molecule has 0 aliphatic rings. The zero-order valence-electron chi connectivity index (χ0n) is 5.60. The summed E-state index contributed by atoms with van der Waals surface area (Å²) in [4.78, 5) is 6.84. The summed E-state index contributed by atoms with van der Waals surface area (Å²) in [5.41, 5.74) is -0.160. The van der Waals surface area contributed by atoms with Crippen molar-refractivity contribution in [1.82, 2.24) is 9.97 Å². The molecule has 0 saturated carbocycles. The van der Waals surface area contributed by atoms with Gasteiger partial charge in [-0.05, 0) is 0 Å². The van der Waals surface area contributed by atoms with Crippen LogP contribution in [0.4, 0.5) is 0 Å². The molecular weight excluding hydrogens is 202 g/mol. The van der Waals surface area contributed by atoms with Crippen LogP contribution in [0.15, 0.2) is 17.6 Å². The third-order valence-electron chi connectivity index (χ3n) is 1.03. The van der Waals surface area contributed by atoms with E-state index in [2.05, 4.69) is 9.97 Å². The molecule has 7 heteroatoms. The van der Waals surface area contributed by atoms with Gasteiger partial charge in [-0.15, -0.1) is 0 Å². The normalized spacial score (nSPS) is 10.7. The van der Waals surface area contributed by atoms with E-state index in [0.717, 1.165) is 12.5 Å². The molecule has 0 unspecified atom stereocenters. The largest absolute Gasteiger partial charge is 0.280 e. The van der Waals surface area contributed by atoms with Crippen LogP contribution in [0.25, 0.3) is 0 Å². The maximum atomic E-state index is 10.7. The average molecular weight is 204 g/mol. The van der Waals surface area contributed by atoms with Gasteiger partial charge in [-0.3, -0.25) is 0 Å². The molecule has 0 aliphatic carbocycles. The van der Waals surface area contributed by atoms with E-state index in [9.17, 15) is 8.42 Å². The molecule has 0 amide bonds. The highest BCUT2D eigenvalue weighted by molar-refractivity contribution is 8.13. The molecule has 62 valence electrons. The lowest BCUT2D eigenvalue weighted by atomic mass is 10.4. The van der Waals surface area contributed by atoms with Crippen LogP contribution in [0.1, 0.15) is 5.56 Å². The summed E-state index contributed by atoms with van der Waals surface area (Å²) >= 11 is 0. The molecule has 0 saturated heterocycles. The first-order chi connectivity index (χ1) is 5.55. The second kappa shape index (κ2) is 3.05. The minimum absolute atomic E-state index is 0.160. The topological polar surface area (TPSA) is 83.7 Å². The van der Waals surface area contributed by atoms with Crippen LogP contribution in [0.3, 0.4) is 0 Å². The van der Waals surface area contributed by atoms with E-state index in [1.54, 1.807) is 6.07 Å². The lowest BCUT2D eigenvalue weighted by Gasteiger charge is -1.94. The summed E-state index contributed by atoms with van der Waals surface area (Å²) in [6, 6.07) is 1.61. The predicted molar refractivity (Wildman–Crippen MR) is 39.8 cm³/mol. The molecular formula is C5H2ClN3O2S. The summed E-state index contributed by atoms with van der Waals surface area (Å²) in [6.07, 6.45) is 2.10. The van der Waals surface area contributed by atoms with Crippen LogP contribution < -0.4 is 0 Å². The summed E-state index contributed by atoms with van der Waals surface area (Å²) in [6.45, 7) is 0. The molecule has 1 rings (SSSR count). The third-order valence-corrected chi connectivity index (χ3v) is 2.25. The zero-order valence-corrected chi connectivity index (χ0v) is 7.17. The quantitative estimate of drug-likeness (QED) is 0.483. The first-order valence-electron chi connectivity index (χ1n) is 2.70. The molecule has 0 aliphatic heterocycles. The Labute approximate surface area is 73.1 Å². The molecule has 0 N–H and O–H groups in total. The monoisotopic (exact) mass is 203 g/mol. The van der Waals surface area contributed by atoms with Gasteiger partial charge < -0.3 is 0 Å². The van der Waals surface area contributed by atoms with E-state index >= 15 is 0 Å². The second-order valence-corrected chi connectivity index (χ2v) is 4.27. The summed E-state index contributed by atoms with van der Waals surface area (Å²) in [7, 11) is 1.03. The van der Waals surface area contributed by atoms with E-state index in [0.29, 0.717) is 0 Å². The van der Waals surface area contributed by atoms with Crippen LogP contribution in [-0.2, 0) is 9.05 Å². The van der Waals surface area contributed by atoms with Gasteiger partial charge in [0.25, 0.3) is 9.05 Å². The number of hydrogen-bond donors (Lipinski definition) is 0. The maximum absolute atomic E-state index is 10.7. The Bertz CT molecular complexity index is 436. The van der Waals surface area contributed by atoms with Crippen LogP contribution in [0, 0.1) is 11.3 Å². The molecule has 5 nitrogen and oxygen atoms in total. The van der Waals surface area contributed by atoms with Crippen LogP contribution >= 0.6 is 10.7 Å². The first kappa shape index (κ1) is 8.90. The Kier molecular flexibility index (Phi) is 2.26. The smallest absolute Gasteiger partial charge is 0.243 e. The summed E-state index contributed by atoms with van der Waals surface area (Å²) in [5, 5.41) is 7.97. The fourth-order valence-electron chi connectivity index (χ4n) is 0.589. The van der Waals surface area contributed by atoms with Crippen LogP contribution in [-0.4, -0.2) is 18.4 Å². The maximum Gasteiger partial charge on any atom is 0.280 e. The molecule has 0 radical (unpaired) electrons. The molecule has 0 bridgehead atoms. The molecule has 0 atom stereocenters. The lowest BCUT2D eigenvalue weighted by Crippen LogP contribution is -1.99. The highest BCUT2D eigenvalue weighted by Gasteiger charge is 2.16. The van der Waals surface area contributed by atoms with Gasteiger partial charge in [0.2, 0.25) is 0 Å². The highest BCUT2D eigenvalue weighted by Crippen LogP contribution is 2.14. The zero-order chi connectivity index (χ0) is 9.19. The molecule has 12 heavy (non-hydrogen) atoms. The van der Waals surface area contributed by atoms with E-state index in [1.807, 2.05) is 0 Å². The fraction of sp³-hybridized carbons (Fsp3) is 0. The van der Waals surface area contributed by atoms with Gasteiger partial charge in [-0.1, -0.05) is 0 Å². The van der Waals surface area contributed by atoms with E-state index < -0.39 is 14.1 Å². The standard InChI is InChI=1S/C5H2ClN3O2S/c6-12(10,11)5-4(1-7)2-8-3-9-5/h2-3H. The van der Waals surface area contributed by atoms with Crippen LogP contribution in [0.2, 0.25) is 0 Å². The van der Waals surface area contributed by atoms with Gasteiger partial charge in [0, 0.05) is 16.9 Å². The number of aromatic nitrogens is 2. The van der Waals surface area contributed by atoms with E-state index in [4.69, 9.17) is 15.9 Å².